The first-order chi connectivity index (χ1) is 12.6. The van der Waals surface area contributed by atoms with Gasteiger partial charge in [-0.3, -0.25) is 10.2 Å². The fraction of sp³-hybridized carbons (Fsp3) is 0.263. The van der Waals surface area contributed by atoms with Crippen LogP contribution in [0.15, 0.2) is 42.5 Å². The standard InChI is InChI=1S/C19H21N3O4/c1-2-24-17(14-7-8-15-16(9-14)26-11-25-15)19(23)22-10-12-3-5-13(6-4-12)18(20)21/h3-9,17H,2,10-11H2,1H3,(H3,20,21)(H,22,23). The molecule has 0 saturated heterocycles. The zero-order chi connectivity index (χ0) is 18.5. The Morgan fingerprint density at radius 2 is 1.96 bits per heavy atom. The first-order valence-electron chi connectivity index (χ1n) is 8.30. The number of nitrogen functional groups attached to an aromatic ring is 1. The van der Waals surface area contributed by atoms with Crippen molar-refractivity contribution >= 4 is 11.7 Å². The summed E-state index contributed by atoms with van der Waals surface area (Å²) in [6, 6.07) is 12.5. The van der Waals surface area contributed by atoms with Gasteiger partial charge in [-0.1, -0.05) is 30.3 Å². The Labute approximate surface area is 151 Å². The number of benzene rings is 2. The van der Waals surface area contributed by atoms with E-state index < -0.39 is 6.10 Å². The van der Waals surface area contributed by atoms with Crippen LogP contribution in [-0.2, 0) is 16.1 Å². The Kier molecular flexibility index (Phi) is 5.38. The minimum atomic E-state index is -0.731. The molecule has 1 atom stereocenters. The Morgan fingerprint density at radius 1 is 1.23 bits per heavy atom. The number of nitrogens with one attached hydrogen (secondary N) is 2. The average Bonchev–Trinajstić information content (AvgIpc) is 3.12. The van der Waals surface area contributed by atoms with Gasteiger partial charge in [0.05, 0.1) is 0 Å². The SMILES string of the molecule is CCOC(C(=O)NCc1ccc(C(=N)N)cc1)c1ccc2c(c1)OCO2. The maximum atomic E-state index is 12.6. The molecule has 0 saturated carbocycles. The predicted octanol–water partition coefficient (Wildman–Crippen LogP) is 2.09. The van der Waals surface area contributed by atoms with Crippen LogP contribution >= 0.6 is 0 Å². The van der Waals surface area contributed by atoms with Crippen LogP contribution < -0.4 is 20.5 Å². The number of amides is 1. The molecule has 0 radical (unpaired) electrons. The van der Waals surface area contributed by atoms with Crippen molar-refractivity contribution in [3.05, 3.63) is 59.2 Å². The summed E-state index contributed by atoms with van der Waals surface area (Å²) < 4.78 is 16.3. The molecule has 136 valence electrons. The molecule has 26 heavy (non-hydrogen) atoms. The molecule has 1 amide bonds. The number of ether oxygens (including phenoxy) is 3. The summed E-state index contributed by atoms with van der Waals surface area (Å²) in [5, 5.41) is 10.3. The number of hydrogen-bond acceptors (Lipinski definition) is 5. The number of rotatable bonds is 7. The van der Waals surface area contributed by atoms with Gasteiger partial charge in [-0.2, -0.15) is 0 Å². The highest BCUT2D eigenvalue weighted by molar-refractivity contribution is 5.94. The lowest BCUT2D eigenvalue weighted by molar-refractivity contribution is -0.133. The molecule has 2 aromatic carbocycles. The van der Waals surface area contributed by atoms with Gasteiger partial charge in [0.25, 0.3) is 5.91 Å². The predicted molar refractivity (Wildman–Crippen MR) is 96.2 cm³/mol. The molecule has 0 spiro atoms. The number of fused-ring (bicyclic) bond motifs is 1. The highest BCUT2D eigenvalue weighted by Gasteiger charge is 2.24. The summed E-state index contributed by atoms with van der Waals surface area (Å²) >= 11 is 0. The minimum Gasteiger partial charge on any atom is -0.454 e. The topological polar surface area (TPSA) is 107 Å². The lowest BCUT2D eigenvalue weighted by atomic mass is 10.1. The summed E-state index contributed by atoms with van der Waals surface area (Å²) in [4.78, 5) is 12.6. The van der Waals surface area contributed by atoms with Crippen LogP contribution in [-0.4, -0.2) is 25.1 Å². The van der Waals surface area contributed by atoms with Gasteiger partial charge in [0.15, 0.2) is 17.6 Å². The van der Waals surface area contributed by atoms with E-state index in [9.17, 15) is 4.79 Å². The van der Waals surface area contributed by atoms with Crippen molar-refractivity contribution in [2.45, 2.75) is 19.6 Å². The van der Waals surface area contributed by atoms with Crippen molar-refractivity contribution in [3.63, 3.8) is 0 Å². The van der Waals surface area contributed by atoms with E-state index in [1.165, 1.54) is 0 Å². The van der Waals surface area contributed by atoms with E-state index in [1.807, 2.05) is 19.1 Å². The molecule has 0 fully saturated rings. The van der Waals surface area contributed by atoms with E-state index in [0.717, 1.165) is 5.56 Å². The average molecular weight is 355 g/mol. The first-order valence-corrected chi connectivity index (χ1v) is 8.30. The van der Waals surface area contributed by atoms with Crippen molar-refractivity contribution in [2.75, 3.05) is 13.4 Å². The molecule has 1 heterocycles. The molecule has 0 aliphatic carbocycles. The zero-order valence-corrected chi connectivity index (χ0v) is 14.5. The van der Waals surface area contributed by atoms with Crippen LogP contribution in [0.4, 0.5) is 0 Å². The molecule has 7 nitrogen and oxygen atoms in total. The molecule has 0 bridgehead atoms. The maximum Gasteiger partial charge on any atom is 0.254 e. The number of carbonyl (C=O) groups excluding carboxylic acids is 1. The molecule has 4 N–H and O–H groups in total. The van der Waals surface area contributed by atoms with Gasteiger partial charge >= 0.3 is 0 Å². The normalized spacial score (nSPS) is 13.3. The quantitative estimate of drug-likeness (QED) is 0.521. The van der Waals surface area contributed by atoms with Gasteiger partial charge in [0.2, 0.25) is 6.79 Å². The van der Waals surface area contributed by atoms with Gasteiger partial charge in [-0.25, -0.2) is 0 Å². The minimum absolute atomic E-state index is 0.0137. The summed E-state index contributed by atoms with van der Waals surface area (Å²) in [7, 11) is 0. The van der Waals surface area contributed by atoms with E-state index in [0.29, 0.717) is 35.8 Å². The van der Waals surface area contributed by atoms with Gasteiger partial charge in [-0.15, -0.1) is 0 Å². The van der Waals surface area contributed by atoms with Crippen LogP contribution in [0.25, 0.3) is 0 Å². The Balaban J connectivity index is 1.67. The monoisotopic (exact) mass is 355 g/mol. The van der Waals surface area contributed by atoms with Gasteiger partial charge < -0.3 is 25.3 Å². The first kappa shape index (κ1) is 17.8. The van der Waals surface area contributed by atoms with Crippen LogP contribution in [0, 0.1) is 5.41 Å². The highest BCUT2D eigenvalue weighted by Crippen LogP contribution is 2.35. The summed E-state index contributed by atoms with van der Waals surface area (Å²) in [5.41, 5.74) is 7.70. The molecule has 1 aliphatic rings. The van der Waals surface area contributed by atoms with Crippen LogP contribution in [0.5, 0.6) is 11.5 Å². The molecule has 0 aromatic heterocycles. The van der Waals surface area contributed by atoms with Gasteiger partial charge in [0, 0.05) is 18.7 Å². The summed E-state index contributed by atoms with van der Waals surface area (Å²) in [6.45, 7) is 2.78. The second kappa shape index (κ2) is 7.88. The maximum absolute atomic E-state index is 12.6. The van der Waals surface area contributed by atoms with Crippen molar-refractivity contribution < 1.29 is 19.0 Å². The fourth-order valence-electron chi connectivity index (χ4n) is 2.65. The lowest BCUT2D eigenvalue weighted by Gasteiger charge is -2.17. The molecular weight excluding hydrogens is 334 g/mol. The molecule has 2 aromatic rings. The lowest BCUT2D eigenvalue weighted by Crippen LogP contribution is -2.30. The smallest absolute Gasteiger partial charge is 0.254 e. The molecule has 1 unspecified atom stereocenters. The Bertz CT molecular complexity index is 805. The van der Waals surface area contributed by atoms with Crippen molar-refractivity contribution in [2.24, 2.45) is 5.73 Å². The molecule has 1 aliphatic heterocycles. The third-order valence-electron chi connectivity index (χ3n) is 4.00. The number of amidine groups is 1. The van der Waals surface area contributed by atoms with E-state index in [1.54, 1.807) is 30.3 Å². The summed E-state index contributed by atoms with van der Waals surface area (Å²) in [5.74, 6) is 1.05. The van der Waals surface area contributed by atoms with E-state index in [4.69, 9.17) is 25.4 Å². The second-order valence-electron chi connectivity index (χ2n) is 5.78. The van der Waals surface area contributed by atoms with Crippen molar-refractivity contribution in [1.29, 1.82) is 5.41 Å². The van der Waals surface area contributed by atoms with Crippen LogP contribution in [0.2, 0.25) is 0 Å². The van der Waals surface area contributed by atoms with Crippen molar-refractivity contribution in [3.8, 4) is 11.5 Å². The van der Waals surface area contributed by atoms with E-state index in [2.05, 4.69) is 5.32 Å². The van der Waals surface area contributed by atoms with E-state index >= 15 is 0 Å². The van der Waals surface area contributed by atoms with Crippen LogP contribution in [0.3, 0.4) is 0 Å². The third-order valence-corrected chi connectivity index (χ3v) is 4.00. The Morgan fingerprint density at radius 3 is 2.65 bits per heavy atom. The van der Waals surface area contributed by atoms with Gasteiger partial charge in [0.1, 0.15) is 5.84 Å². The number of nitrogens with two attached hydrogens (primary N) is 1. The Hall–Kier alpha value is -3.06. The third kappa shape index (κ3) is 3.94. The van der Waals surface area contributed by atoms with Crippen LogP contribution in [0.1, 0.15) is 29.7 Å². The van der Waals surface area contributed by atoms with Gasteiger partial charge in [-0.05, 0) is 30.2 Å². The number of carbonyl (C=O) groups is 1. The van der Waals surface area contributed by atoms with Crippen molar-refractivity contribution in [1.82, 2.24) is 5.32 Å². The largest absolute Gasteiger partial charge is 0.454 e. The van der Waals surface area contributed by atoms with E-state index in [-0.39, 0.29) is 18.5 Å². The fourth-order valence-corrected chi connectivity index (χ4v) is 2.65. The molecule has 3 rings (SSSR count). The molecule has 7 heteroatoms. The number of hydrogen-bond donors (Lipinski definition) is 3. The zero-order valence-electron chi connectivity index (χ0n) is 14.5. The molecular formula is C19H21N3O4. The second-order valence-corrected chi connectivity index (χ2v) is 5.78. The highest BCUT2D eigenvalue weighted by atomic mass is 16.7. The summed E-state index contributed by atoms with van der Waals surface area (Å²) in [6.07, 6.45) is -0.731.